The van der Waals surface area contributed by atoms with Gasteiger partial charge in [-0.05, 0) is 77.2 Å². The summed E-state index contributed by atoms with van der Waals surface area (Å²) in [4.78, 5) is 14.6. The van der Waals surface area contributed by atoms with E-state index in [1.807, 2.05) is 65.2 Å². The molecule has 0 bridgehead atoms. The first-order valence-electron chi connectivity index (χ1n) is 20.2. The first kappa shape index (κ1) is 32.9. The summed E-state index contributed by atoms with van der Waals surface area (Å²) in [5.74, 6) is 0. The van der Waals surface area contributed by atoms with Gasteiger partial charge in [0.15, 0.2) is 0 Å². The van der Waals surface area contributed by atoms with Crippen molar-refractivity contribution >= 4 is 87.4 Å². The Morgan fingerprint density at radius 1 is 0.317 bits per heavy atom. The normalized spacial score (nSPS) is 12.1. The molecule has 13 aromatic rings. The molecule has 13 rings (SSSR count). The minimum absolute atomic E-state index is 0.0524. The molecule has 0 saturated carbocycles. The Morgan fingerprint density at radius 2 is 0.750 bits per heavy atom. The van der Waals surface area contributed by atoms with Gasteiger partial charge in [0.25, 0.3) is 5.56 Å². The van der Waals surface area contributed by atoms with Crippen molar-refractivity contribution in [3.05, 3.63) is 204 Å². The van der Waals surface area contributed by atoms with Crippen molar-refractivity contribution in [3.63, 3.8) is 0 Å². The molecule has 0 atom stereocenters. The van der Waals surface area contributed by atoms with Crippen molar-refractivity contribution in [1.82, 2.24) is 9.13 Å². The lowest BCUT2D eigenvalue weighted by Crippen LogP contribution is -2.19. The van der Waals surface area contributed by atoms with Gasteiger partial charge in [-0.3, -0.25) is 9.36 Å². The maximum Gasteiger partial charge on any atom is 0.263 e. The fourth-order valence-electron chi connectivity index (χ4n) is 9.60. The number of aromatic nitrogens is 2. The van der Waals surface area contributed by atoms with Gasteiger partial charge in [-0.25, -0.2) is 0 Å². The number of para-hydroxylation sites is 5. The summed E-state index contributed by atoms with van der Waals surface area (Å²) in [5, 5.41) is 9.22. The van der Waals surface area contributed by atoms with E-state index in [4.69, 9.17) is 8.83 Å². The molecule has 60 heavy (non-hydrogen) atoms. The predicted octanol–water partition coefficient (Wildman–Crippen LogP) is 14.4. The van der Waals surface area contributed by atoms with Crippen molar-refractivity contribution in [2.24, 2.45) is 0 Å². The number of rotatable bonds is 4. The van der Waals surface area contributed by atoms with Crippen molar-refractivity contribution < 1.29 is 8.83 Å². The molecule has 0 spiro atoms. The van der Waals surface area contributed by atoms with E-state index in [9.17, 15) is 4.79 Å². The Balaban J connectivity index is 0.989. The first-order chi connectivity index (χ1) is 29.7. The fraction of sp³-hybridized carbons (Fsp3) is 0. The quantitative estimate of drug-likeness (QED) is 0.168. The van der Waals surface area contributed by atoms with Crippen LogP contribution < -0.4 is 5.56 Å². The lowest BCUT2D eigenvalue weighted by atomic mass is 10.0. The van der Waals surface area contributed by atoms with E-state index in [0.29, 0.717) is 5.39 Å². The number of hydrogen-bond acceptors (Lipinski definition) is 3. The summed E-state index contributed by atoms with van der Waals surface area (Å²) in [6.07, 6.45) is 0. The minimum Gasteiger partial charge on any atom is -0.455 e. The van der Waals surface area contributed by atoms with Crippen molar-refractivity contribution in [1.29, 1.82) is 0 Å². The van der Waals surface area contributed by atoms with Gasteiger partial charge < -0.3 is 13.4 Å². The number of pyridine rings is 1. The molecular formula is C55H32N2O3. The molecule has 0 N–H and O–H groups in total. The zero-order valence-electron chi connectivity index (χ0n) is 32.1. The Labute approximate surface area is 342 Å². The molecule has 0 saturated heterocycles. The highest BCUT2D eigenvalue weighted by molar-refractivity contribution is 6.18. The zero-order chi connectivity index (χ0) is 39.5. The van der Waals surface area contributed by atoms with E-state index < -0.39 is 0 Å². The predicted molar refractivity (Wildman–Crippen MR) is 247 cm³/mol. The molecule has 9 aromatic carbocycles. The lowest BCUT2D eigenvalue weighted by molar-refractivity contribution is 0.669. The standard InChI is InChI=1S/C55H32N2O3/c58-55-45-15-2-1-11-39(45)46-31-49-47(32-50(46)57(55)36-29-25-34(26-30-36)38-17-10-19-44-42-14-5-8-22-52(42)60-54(38)44)40-12-3-6-20-48(40)56(49)35-27-23-33(24-28-35)37-16-9-18-43-41-13-4-7-21-51(41)59-53(37)43/h1-32H. The Hall–Kier alpha value is -8.15. The van der Waals surface area contributed by atoms with E-state index in [0.717, 1.165) is 116 Å². The summed E-state index contributed by atoms with van der Waals surface area (Å²) in [6, 6.07) is 67.0. The number of hydrogen-bond donors (Lipinski definition) is 0. The molecule has 0 unspecified atom stereocenters. The SMILES string of the molecule is O=c1c2ccccc2c2cc3c(cc2n1-c1ccc(-c2cccc4c2oc2ccccc24)cc1)c1ccccc1n3-c1ccc(-c2cccc3c2oc2ccccc23)cc1. The molecule has 5 nitrogen and oxygen atoms in total. The molecule has 4 aromatic heterocycles. The minimum atomic E-state index is -0.0524. The third-order valence-electron chi connectivity index (χ3n) is 12.4. The van der Waals surface area contributed by atoms with Crippen molar-refractivity contribution in [2.75, 3.05) is 0 Å². The third kappa shape index (κ3) is 4.66. The molecule has 0 radical (unpaired) electrons. The Morgan fingerprint density at radius 3 is 1.33 bits per heavy atom. The maximum absolute atomic E-state index is 14.6. The van der Waals surface area contributed by atoms with Gasteiger partial charge in [-0.15, -0.1) is 0 Å². The van der Waals surface area contributed by atoms with E-state index in [1.54, 1.807) is 0 Å². The van der Waals surface area contributed by atoms with Gasteiger partial charge >= 0.3 is 0 Å². The second-order valence-corrected chi connectivity index (χ2v) is 15.6. The van der Waals surface area contributed by atoms with E-state index in [1.165, 1.54) is 0 Å². The molecule has 0 fully saturated rings. The summed E-state index contributed by atoms with van der Waals surface area (Å²) in [7, 11) is 0. The van der Waals surface area contributed by atoms with Crippen LogP contribution in [0, 0.1) is 0 Å². The van der Waals surface area contributed by atoms with Crippen LogP contribution >= 0.6 is 0 Å². The summed E-state index contributed by atoms with van der Waals surface area (Å²) in [5.41, 5.74) is 12.5. The molecule has 5 heteroatoms. The van der Waals surface area contributed by atoms with Gasteiger partial charge in [0.2, 0.25) is 0 Å². The molecule has 0 aliphatic heterocycles. The average molecular weight is 769 g/mol. The monoisotopic (exact) mass is 768 g/mol. The van der Waals surface area contributed by atoms with Crippen LogP contribution in [0.1, 0.15) is 0 Å². The molecule has 0 aliphatic carbocycles. The molecule has 280 valence electrons. The second kappa shape index (κ2) is 12.4. The fourth-order valence-corrected chi connectivity index (χ4v) is 9.60. The number of furan rings is 2. The van der Waals surface area contributed by atoms with E-state index >= 15 is 0 Å². The number of benzene rings is 9. The van der Waals surface area contributed by atoms with Gasteiger partial charge in [0.1, 0.15) is 22.3 Å². The van der Waals surface area contributed by atoms with E-state index in [-0.39, 0.29) is 5.56 Å². The largest absolute Gasteiger partial charge is 0.455 e. The van der Waals surface area contributed by atoms with Crippen molar-refractivity contribution in [2.45, 2.75) is 0 Å². The molecule has 4 heterocycles. The van der Waals surface area contributed by atoms with Gasteiger partial charge in [0.05, 0.1) is 16.6 Å². The van der Waals surface area contributed by atoms with Crippen LogP contribution in [-0.4, -0.2) is 9.13 Å². The van der Waals surface area contributed by atoms with Crippen LogP contribution in [0.25, 0.3) is 121 Å². The number of nitrogens with zero attached hydrogens (tertiary/aromatic N) is 2. The molecular weight excluding hydrogens is 737 g/mol. The highest BCUT2D eigenvalue weighted by Crippen LogP contribution is 2.40. The van der Waals surface area contributed by atoms with Crippen LogP contribution in [-0.2, 0) is 0 Å². The van der Waals surface area contributed by atoms with Gasteiger partial charge in [0, 0.05) is 65.6 Å². The highest BCUT2D eigenvalue weighted by atomic mass is 16.3. The highest BCUT2D eigenvalue weighted by Gasteiger charge is 2.20. The topological polar surface area (TPSA) is 53.2 Å². The third-order valence-corrected chi connectivity index (χ3v) is 12.4. The summed E-state index contributed by atoms with van der Waals surface area (Å²) in [6.45, 7) is 0. The maximum atomic E-state index is 14.6. The summed E-state index contributed by atoms with van der Waals surface area (Å²) >= 11 is 0. The van der Waals surface area contributed by atoms with E-state index in [2.05, 4.69) is 138 Å². The van der Waals surface area contributed by atoms with Gasteiger partial charge in [-0.2, -0.15) is 0 Å². The lowest BCUT2D eigenvalue weighted by Gasteiger charge is -2.15. The second-order valence-electron chi connectivity index (χ2n) is 15.6. The average Bonchev–Trinajstić information content (AvgIpc) is 3.99. The van der Waals surface area contributed by atoms with Crippen molar-refractivity contribution in [3.8, 4) is 33.6 Å². The van der Waals surface area contributed by atoms with Crippen LogP contribution in [0.3, 0.4) is 0 Å². The van der Waals surface area contributed by atoms with Crippen LogP contribution in [0.5, 0.6) is 0 Å². The summed E-state index contributed by atoms with van der Waals surface area (Å²) < 4.78 is 17.0. The Bertz CT molecular complexity index is 3960. The number of fused-ring (bicyclic) bond motifs is 12. The van der Waals surface area contributed by atoms with Crippen LogP contribution in [0.4, 0.5) is 0 Å². The molecule has 0 aliphatic rings. The molecule has 0 amide bonds. The zero-order valence-corrected chi connectivity index (χ0v) is 32.1. The van der Waals surface area contributed by atoms with Gasteiger partial charge in [-0.1, -0.05) is 133 Å². The Kier molecular flexibility index (Phi) is 6.81. The van der Waals surface area contributed by atoms with Crippen LogP contribution in [0.2, 0.25) is 0 Å². The first-order valence-corrected chi connectivity index (χ1v) is 20.2. The van der Waals surface area contributed by atoms with Crippen LogP contribution in [0.15, 0.2) is 208 Å². The smallest absolute Gasteiger partial charge is 0.263 e.